The van der Waals surface area contributed by atoms with Gasteiger partial charge in [0.25, 0.3) is 0 Å². The summed E-state index contributed by atoms with van der Waals surface area (Å²) in [5.74, 6) is 0.394. The maximum atomic E-state index is 11.1. The van der Waals surface area contributed by atoms with Gasteiger partial charge in [0.1, 0.15) is 0 Å². The van der Waals surface area contributed by atoms with Gasteiger partial charge in [-0.15, -0.1) is 0 Å². The van der Waals surface area contributed by atoms with Gasteiger partial charge >= 0.3 is 0 Å². The van der Waals surface area contributed by atoms with E-state index in [4.69, 9.17) is 11.6 Å². The van der Waals surface area contributed by atoms with Crippen molar-refractivity contribution in [1.82, 2.24) is 0 Å². The Morgan fingerprint density at radius 1 is 1.18 bits per heavy atom. The lowest BCUT2D eigenvalue weighted by molar-refractivity contribution is -0.111. The summed E-state index contributed by atoms with van der Waals surface area (Å²) in [5.41, 5.74) is 2.25. The molecule has 0 aliphatic carbocycles. The van der Waals surface area contributed by atoms with E-state index in [-0.39, 0.29) is 5.24 Å². The summed E-state index contributed by atoms with van der Waals surface area (Å²) in [5, 5.41) is 2.06. The maximum absolute atomic E-state index is 11.1. The van der Waals surface area contributed by atoms with Crippen LogP contribution in [0.5, 0.6) is 0 Å². The Hall–Kier alpha value is -1.34. The Labute approximate surface area is 106 Å². The van der Waals surface area contributed by atoms with E-state index >= 15 is 0 Å². The van der Waals surface area contributed by atoms with Crippen LogP contribution in [0.3, 0.4) is 0 Å². The van der Waals surface area contributed by atoms with E-state index in [0.717, 1.165) is 10.9 Å². The minimum atomic E-state index is -0.304. The maximum Gasteiger partial charge on any atom is 0.226 e. The van der Waals surface area contributed by atoms with Crippen LogP contribution in [0.4, 0.5) is 0 Å². The molecule has 2 rings (SSSR count). The van der Waals surface area contributed by atoms with E-state index < -0.39 is 0 Å². The second-order valence-corrected chi connectivity index (χ2v) is 5.01. The van der Waals surface area contributed by atoms with Crippen LogP contribution >= 0.6 is 11.6 Å². The van der Waals surface area contributed by atoms with Crippen LogP contribution in [0.1, 0.15) is 30.9 Å². The average molecular weight is 247 g/mol. The summed E-state index contributed by atoms with van der Waals surface area (Å²) in [4.78, 5) is 11.1. The summed E-state index contributed by atoms with van der Waals surface area (Å²) in [6.45, 7) is 4.26. The SMILES string of the molecule is CC(C)c1cc2ccccc2cc1CC(=O)Cl. The molecule has 2 aromatic rings. The van der Waals surface area contributed by atoms with Crippen molar-refractivity contribution >= 4 is 27.6 Å². The second kappa shape index (κ2) is 4.89. The minimum Gasteiger partial charge on any atom is -0.281 e. The van der Waals surface area contributed by atoms with Crippen molar-refractivity contribution in [3.63, 3.8) is 0 Å². The van der Waals surface area contributed by atoms with E-state index in [1.165, 1.54) is 10.9 Å². The highest BCUT2D eigenvalue weighted by Gasteiger charge is 2.10. The molecule has 0 spiro atoms. The fourth-order valence-corrected chi connectivity index (χ4v) is 2.29. The molecule has 0 saturated carbocycles. The first-order valence-corrected chi connectivity index (χ1v) is 6.15. The summed E-state index contributed by atoms with van der Waals surface area (Å²) < 4.78 is 0. The molecule has 2 heteroatoms. The Morgan fingerprint density at radius 3 is 2.29 bits per heavy atom. The fourth-order valence-electron chi connectivity index (χ4n) is 2.15. The van der Waals surface area contributed by atoms with Crippen molar-refractivity contribution in [2.75, 3.05) is 0 Å². The molecule has 0 amide bonds. The number of hydrogen-bond donors (Lipinski definition) is 0. The van der Waals surface area contributed by atoms with Gasteiger partial charge in [0, 0.05) is 6.42 Å². The monoisotopic (exact) mass is 246 g/mol. The molecule has 88 valence electrons. The van der Waals surface area contributed by atoms with Crippen LogP contribution in [-0.2, 0) is 11.2 Å². The molecule has 0 heterocycles. The Bertz CT molecular complexity index is 558. The van der Waals surface area contributed by atoms with Crippen molar-refractivity contribution in [2.24, 2.45) is 0 Å². The van der Waals surface area contributed by atoms with Crippen LogP contribution in [0.2, 0.25) is 0 Å². The molecule has 1 nitrogen and oxygen atoms in total. The van der Waals surface area contributed by atoms with Crippen LogP contribution in [-0.4, -0.2) is 5.24 Å². The fraction of sp³-hybridized carbons (Fsp3) is 0.267. The third-order valence-electron chi connectivity index (χ3n) is 2.96. The van der Waals surface area contributed by atoms with Gasteiger partial charge in [-0.05, 0) is 39.4 Å². The van der Waals surface area contributed by atoms with Gasteiger partial charge in [0.2, 0.25) is 5.24 Å². The summed E-state index contributed by atoms with van der Waals surface area (Å²) in [7, 11) is 0. The quantitative estimate of drug-likeness (QED) is 0.739. The van der Waals surface area contributed by atoms with Gasteiger partial charge in [0.05, 0.1) is 0 Å². The molecule has 0 N–H and O–H groups in total. The van der Waals surface area contributed by atoms with Crippen molar-refractivity contribution < 1.29 is 4.79 Å². The van der Waals surface area contributed by atoms with E-state index in [1.807, 2.05) is 12.1 Å². The molecule has 0 aliphatic heterocycles. The van der Waals surface area contributed by atoms with Crippen molar-refractivity contribution in [3.8, 4) is 0 Å². The van der Waals surface area contributed by atoms with Crippen LogP contribution in [0.25, 0.3) is 10.8 Å². The van der Waals surface area contributed by atoms with Gasteiger partial charge in [0.15, 0.2) is 0 Å². The molecule has 0 radical (unpaired) electrons. The number of carbonyl (C=O) groups is 1. The predicted molar refractivity (Wildman–Crippen MR) is 72.6 cm³/mol. The minimum absolute atomic E-state index is 0.304. The summed E-state index contributed by atoms with van der Waals surface area (Å²) >= 11 is 5.50. The highest BCUT2D eigenvalue weighted by Crippen LogP contribution is 2.26. The summed E-state index contributed by atoms with van der Waals surface area (Å²) in [6.07, 6.45) is 0.305. The van der Waals surface area contributed by atoms with Crippen LogP contribution in [0.15, 0.2) is 36.4 Å². The zero-order valence-electron chi connectivity index (χ0n) is 10.0. The number of benzene rings is 2. The zero-order valence-corrected chi connectivity index (χ0v) is 10.8. The highest BCUT2D eigenvalue weighted by molar-refractivity contribution is 6.63. The first-order chi connectivity index (χ1) is 8.08. The van der Waals surface area contributed by atoms with E-state index in [1.54, 1.807) is 0 Å². The highest BCUT2D eigenvalue weighted by atomic mass is 35.5. The number of fused-ring (bicyclic) bond motifs is 1. The molecule has 17 heavy (non-hydrogen) atoms. The van der Waals surface area contributed by atoms with Crippen LogP contribution in [0, 0.1) is 0 Å². The van der Waals surface area contributed by atoms with Crippen molar-refractivity contribution in [2.45, 2.75) is 26.2 Å². The van der Waals surface area contributed by atoms with E-state index in [2.05, 4.69) is 38.1 Å². The van der Waals surface area contributed by atoms with Crippen LogP contribution < -0.4 is 0 Å². The predicted octanol–water partition coefficient (Wildman–Crippen LogP) is 4.27. The molecule has 2 aromatic carbocycles. The number of hydrogen-bond acceptors (Lipinski definition) is 1. The smallest absolute Gasteiger partial charge is 0.226 e. The molecule has 0 unspecified atom stereocenters. The number of carbonyl (C=O) groups excluding carboxylic acids is 1. The molecule has 0 bridgehead atoms. The van der Waals surface area contributed by atoms with E-state index in [0.29, 0.717) is 12.3 Å². The lowest BCUT2D eigenvalue weighted by Gasteiger charge is -2.13. The van der Waals surface area contributed by atoms with Gasteiger partial charge in [-0.1, -0.05) is 50.2 Å². The molecule has 0 aliphatic rings. The number of halogens is 1. The Kier molecular flexibility index (Phi) is 3.49. The molecule has 0 saturated heterocycles. The van der Waals surface area contributed by atoms with Gasteiger partial charge in [-0.25, -0.2) is 0 Å². The Balaban J connectivity index is 2.61. The van der Waals surface area contributed by atoms with Gasteiger partial charge in [-0.2, -0.15) is 0 Å². The topological polar surface area (TPSA) is 17.1 Å². The summed E-state index contributed by atoms with van der Waals surface area (Å²) in [6, 6.07) is 12.4. The molecule has 0 fully saturated rings. The Morgan fingerprint density at radius 2 is 1.76 bits per heavy atom. The van der Waals surface area contributed by atoms with E-state index in [9.17, 15) is 4.79 Å². The first-order valence-electron chi connectivity index (χ1n) is 5.78. The lowest BCUT2D eigenvalue weighted by atomic mass is 9.92. The largest absolute Gasteiger partial charge is 0.281 e. The molecular formula is C15H15ClO. The van der Waals surface area contributed by atoms with Crippen molar-refractivity contribution in [1.29, 1.82) is 0 Å². The first kappa shape index (κ1) is 12.1. The average Bonchev–Trinajstić information content (AvgIpc) is 2.27. The normalized spacial score (nSPS) is 11.1. The number of rotatable bonds is 3. The second-order valence-electron chi connectivity index (χ2n) is 4.58. The third-order valence-corrected chi connectivity index (χ3v) is 3.09. The van der Waals surface area contributed by atoms with Gasteiger partial charge in [-0.3, -0.25) is 4.79 Å². The lowest BCUT2D eigenvalue weighted by Crippen LogP contribution is -2.01. The molecular weight excluding hydrogens is 232 g/mol. The van der Waals surface area contributed by atoms with Gasteiger partial charge < -0.3 is 0 Å². The molecule has 0 atom stereocenters. The third kappa shape index (κ3) is 2.67. The zero-order chi connectivity index (χ0) is 12.4. The molecule has 0 aromatic heterocycles. The van der Waals surface area contributed by atoms with Crippen molar-refractivity contribution in [3.05, 3.63) is 47.5 Å². The standard InChI is InChI=1S/C15H15ClO/c1-10(2)14-8-12-6-4-3-5-11(12)7-13(14)9-15(16)17/h3-8,10H,9H2,1-2H3.